The van der Waals surface area contributed by atoms with Gasteiger partial charge in [-0.2, -0.15) is 5.10 Å². The lowest BCUT2D eigenvalue weighted by molar-refractivity contribution is 0.224. The molecule has 0 aliphatic heterocycles. The van der Waals surface area contributed by atoms with Gasteiger partial charge in [0.15, 0.2) is 0 Å². The van der Waals surface area contributed by atoms with Crippen LogP contribution in [0.1, 0.15) is 51.0 Å². The summed E-state index contributed by atoms with van der Waals surface area (Å²) in [6.45, 7) is 4.77. The third-order valence-corrected chi connectivity index (χ3v) is 4.93. The number of nitrogens with zero attached hydrogens (tertiary/aromatic N) is 2. The van der Waals surface area contributed by atoms with Gasteiger partial charge >= 0.3 is 0 Å². The molecule has 2 N–H and O–H groups in total. The highest BCUT2D eigenvalue weighted by Gasteiger charge is 2.29. The van der Waals surface area contributed by atoms with Crippen LogP contribution < -0.4 is 5.73 Å². The zero-order valence-corrected chi connectivity index (χ0v) is 13.3. The summed E-state index contributed by atoms with van der Waals surface area (Å²) in [5.41, 5.74) is 10.1. The Morgan fingerprint density at radius 1 is 1.19 bits per heavy atom. The summed E-state index contributed by atoms with van der Waals surface area (Å²) >= 11 is 0. The average Bonchev–Trinajstić information content (AvgIpc) is 2.79. The second-order valence-corrected chi connectivity index (χ2v) is 7.10. The average molecular weight is 283 g/mol. The molecule has 0 radical (unpaired) electrons. The predicted molar refractivity (Wildman–Crippen MR) is 88.0 cm³/mol. The van der Waals surface area contributed by atoms with Gasteiger partial charge in [0.25, 0.3) is 0 Å². The molecular weight excluding hydrogens is 258 g/mol. The first-order chi connectivity index (χ1) is 9.96. The van der Waals surface area contributed by atoms with E-state index in [1.165, 1.54) is 36.8 Å². The first kappa shape index (κ1) is 14.2. The highest BCUT2D eigenvalue weighted by Crippen LogP contribution is 2.44. The van der Waals surface area contributed by atoms with Crippen molar-refractivity contribution in [3.63, 3.8) is 0 Å². The fourth-order valence-electron chi connectivity index (χ4n) is 3.41. The van der Waals surface area contributed by atoms with E-state index < -0.39 is 0 Å². The first-order valence-electron chi connectivity index (χ1n) is 7.85. The van der Waals surface area contributed by atoms with E-state index in [-0.39, 0.29) is 0 Å². The molecule has 0 bridgehead atoms. The second kappa shape index (κ2) is 5.21. The minimum absolute atomic E-state index is 0.501. The normalized spacial score (nSPS) is 18.8. The number of aryl methyl sites for hydroxylation is 1. The standard InChI is InChI=1S/C18H25N3/c1-18(2)10-8-13(9-11-18)14-6-4-5-7-15(14)16-12-17(19)21(3)20-16/h4-7,12-13H,8-11,19H2,1-3H3. The Kier molecular flexibility index (Phi) is 3.52. The van der Waals surface area contributed by atoms with Crippen LogP contribution in [0.4, 0.5) is 5.82 Å². The molecule has 21 heavy (non-hydrogen) atoms. The second-order valence-electron chi connectivity index (χ2n) is 7.10. The maximum absolute atomic E-state index is 5.94. The Bertz CT molecular complexity index is 610. The number of aromatic nitrogens is 2. The van der Waals surface area contributed by atoms with Crippen molar-refractivity contribution in [2.45, 2.75) is 45.4 Å². The van der Waals surface area contributed by atoms with Crippen LogP contribution in [0.25, 0.3) is 11.3 Å². The van der Waals surface area contributed by atoms with E-state index in [2.05, 4.69) is 43.2 Å². The summed E-state index contributed by atoms with van der Waals surface area (Å²) in [7, 11) is 1.89. The molecule has 1 aliphatic carbocycles. The Hall–Kier alpha value is -1.77. The Labute approximate surface area is 127 Å². The maximum atomic E-state index is 5.94. The van der Waals surface area contributed by atoms with Crippen LogP contribution in [0.3, 0.4) is 0 Å². The van der Waals surface area contributed by atoms with Crippen molar-refractivity contribution in [3.05, 3.63) is 35.9 Å². The third kappa shape index (κ3) is 2.82. The molecule has 1 fully saturated rings. The highest BCUT2D eigenvalue weighted by atomic mass is 15.3. The Balaban J connectivity index is 1.93. The smallest absolute Gasteiger partial charge is 0.121 e. The number of rotatable bonds is 2. The molecule has 3 rings (SSSR count). The fourth-order valence-corrected chi connectivity index (χ4v) is 3.41. The summed E-state index contributed by atoms with van der Waals surface area (Å²) in [5.74, 6) is 1.36. The van der Waals surface area contributed by atoms with Gasteiger partial charge in [-0.05, 0) is 42.6 Å². The van der Waals surface area contributed by atoms with E-state index in [9.17, 15) is 0 Å². The van der Waals surface area contributed by atoms with E-state index in [0.717, 1.165) is 5.69 Å². The van der Waals surface area contributed by atoms with E-state index in [4.69, 9.17) is 5.73 Å². The van der Waals surface area contributed by atoms with Crippen LogP contribution in [0, 0.1) is 5.41 Å². The van der Waals surface area contributed by atoms with Crippen LogP contribution in [-0.2, 0) is 7.05 Å². The lowest BCUT2D eigenvalue weighted by atomic mass is 9.70. The fraction of sp³-hybridized carbons (Fsp3) is 0.500. The number of anilines is 1. The molecule has 1 saturated carbocycles. The van der Waals surface area contributed by atoms with Gasteiger partial charge in [0.05, 0.1) is 5.69 Å². The summed E-state index contributed by atoms with van der Waals surface area (Å²) in [4.78, 5) is 0. The number of nitrogens with two attached hydrogens (primary N) is 1. The van der Waals surface area contributed by atoms with Crippen molar-refractivity contribution in [2.24, 2.45) is 12.5 Å². The molecule has 1 heterocycles. The summed E-state index contributed by atoms with van der Waals surface area (Å²) in [5, 5.41) is 4.56. The van der Waals surface area contributed by atoms with Crippen LogP contribution in [-0.4, -0.2) is 9.78 Å². The zero-order chi connectivity index (χ0) is 15.0. The molecular formula is C18H25N3. The zero-order valence-electron chi connectivity index (χ0n) is 13.3. The quantitative estimate of drug-likeness (QED) is 0.890. The van der Waals surface area contributed by atoms with Crippen molar-refractivity contribution < 1.29 is 0 Å². The predicted octanol–water partition coefficient (Wildman–Crippen LogP) is 4.35. The Morgan fingerprint density at radius 2 is 1.86 bits per heavy atom. The lowest BCUT2D eigenvalue weighted by Crippen LogP contribution is -2.20. The minimum Gasteiger partial charge on any atom is -0.384 e. The van der Waals surface area contributed by atoms with Crippen LogP contribution >= 0.6 is 0 Å². The number of hydrogen-bond donors (Lipinski definition) is 1. The molecule has 0 unspecified atom stereocenters. The number of nitrogen functional groups attached to an aromatic ring is 1. The van der Waals surface area contributed by atoms with Gasteiger partial charge in [-0.3, -0.25) is 4.68 Å². The van der Waals surface area contributed by atoms with E-state index >= 15 is 0 Å². The van der Waals surface area contributed by atoms with Crippen LogP contribution in [0.15, 0.2) is 30.3 Å². The molecule has 1 aromatic carbocycles. The molecule has 112 valence electrons. The van der Waals surface area contributed by atoms with Crippen molar-refractivity contribution in [1.29, 1.82) is 0 Å². The van der Waals surface area contributed by atoms with Crippen molar-refractivity contribution in [2.75, 3.05) is 5.73 Å². The van der Waals surface area contributed by atoms with Crippen LogP contribution in [0.5, 0.6) is 0 Å². The largest absolute Gasteiger partial charge is 0.384 e. The first-order valence-corrected chi connectivity index (χ1v) is 7.85. The van der Waals surface area contributed by atoms with Crippen LogP contribution in [0.2, 0.25) is 0 Å². The lowest BCUT2D eigenvalue weighted by Gasteiger charge is -2.35. The highest BCUT2D eigenvalue weighted by molar-refractivity contribution is 5.67. The van der Waals surface area contributed by atoms with E-state index in [0.29, 0.717) is 17.2 Å². The molecule has 1 aliphatic rings. The number of benzene rings is 1. The van der Waals surface area contributed by atoms with Gasteiger partial charge in [-0.1, -0.05) is 38.1 Å². The van der Waals surface area contributed by atoms with Crippen molar-refractivity contribution in [3.8, 4) is 11.3 Å². The summed E-state index contributed by atoms with van der Waals surface area (Å²) in [6, 6.07) is 10.7. The van der Waals surface area contributed by atoms with Gasteiger partial charge in [-0.15, -0.1) is 0 Å². The molecule has 3 heteroatoms. The molecule has 1 aromatic heterocycles. The molecule has 3 nitrogen and oxygen atoms in total. The monoisotopic (exact) mass is 283 g/mol. The third-order valence-electron chi connectivity index (χ3n) is 4.93. The van der Waals surface area contributed by atoms with E-state index in [1.807, 2.05) is 13.1 Å². The van der Waals surface area contributed by atoms with Gasteiger partial charge in [-0.25, -0.2) is 0 Å². The van der Waals surface area contributed by atoms with Crippen molar-refractivity contribution in [1.82, 2.24) is 9.78 Å². The van der Waals surface area contributed by atoms with Gasteiger partial charge in [0, 0.05) is 18.7 Å². The summed E-state index contributed by atoms with van der Waals surface area (Å²) in [6.07, 6.45) is 5.14. The van der Waals surface area contributed by atoms with Gasteiger partial charge in [0.1, 0.15) is 5.82 Å². The topological polar surface area (TPSA) is 43.8 Å². The molecule has 0 spiro atoms. The van der Waals surface area contributed by atoms with E-state index in [1.54, 1.807) is 4.68 Å². The minimum atomic E-state index is 0.501. The Morgan fingerprint density at radius 3 is 2.48 bits per heavy atom. The maximum Gasteiger partial charge on any atom is 0.121 e. The summed E-state index contributed by atoms with van der Waals surface area (Å²) < 4.78 is 1.75. The molecule has 0 atom stereocenters. The van der Waals surface area contributed by atoms with Gasteiger partial charge < -0.3 is 5.73 Å². The number of hydrogen-bond acceptors (Lipinski definition) is 2. The SMILES string of the molecule is Cn1nc(-c2ccccc2C2CCC(C)(C)CC2)cc1N. The molecule has 2 aromatic rings. The molecule has 0 amide bonds. The van der Waals surface area contributed by atoms with Gasteiger partial charge in [0.2, 0.25) is 0 Å². The van der Waals surface area contributed by atoms with Crippen molar-refractivity contribution >= 4 is 5.82 Å². The molecule has 0 saturated heterocycles.